The molecule has 7 nitrogen and oxygen atoms in total. The molecule has 2 heterocycles. The summed E-state index contributed by atoms with van der Waals surface area (Å²) in [6, 6.07) is 12.0. The van der Waals surface area contributed by atoms with Crippen LogP contribution in [0.1, 0.15) is 0 Å². The summed E-state index contributed by atoms with van der Waals surface area (Å²) in [7, 11) is 1.53. The van der Waals surface area contributed by atoms with E-state index in [-0.39, 0.29) is 5.91 Å². The lowest BCUT2D eigenvalue weighted by Crippen LogP contribution is -2.39. The SMILES string of the molecule is COc1cccc(N2C(=O)C3N=NN(c4ccc(Cl)cc4)C3C2=O)c1. The lowest BCUT2D eigenvalue weighted by molar-refractivity contribution is -0.121. The number of rotatable bonds is 3. The third kappa shape index (κ3) is 2.44. The number of methoxy groups -OCH3 is 1. The minimum atomic E-state index is -0.852. The molecule has 2 aliphatic heterocycles. The zero-order valence-corrected chi connectivity index (χ0v) is 13.9. The largest absolute Gasteiger partial charge is 0.497 e. The highest BCUT2D eigenvalue weighted by molar-refractivity contribution is 6.30. The van der Waals surface area contributed by atoms with Gasteiger partial charge in [-0.1, -0.05) is 22.9 Å². The summed E-state index contributed by atoms with van der Waals surface area (Å²) in [5.41, 5.74) is 1.10. The second-order valence-corrected chi connectivity index (χ2v) is 6.07. The zero-order valence-electron chi connectivity index (χ0n) is 13.2. The molecule has 2 aromatic carbocycles. The van der Waals surface area contributed by atoms with Crippen LogP contribution in [-0.4, -0.2) is 31.0 Å². The number of fused-ring (bicyclic) bond motifs is 1. The fourth-order valence-corrected chi connectivity index (χ4v) is 3.10. The van der Waals surface area contributed by atoms with Crippen molar-refractivity contribution >= 4 is 34.8 Å². The van der Waals surface area contributed by atoms with Crippen LogP contribution in [0.3, 0.4) is 0 Å². The Morgan fingerprint density at radius 1 is 1.04 bits per heavy atom. The first-order valence-corrected chi connectivity index (χ1v) is 7.95. The van der Waals surface area contributed by atoms with Gasteiger partial charge in [0, 0.05) is 11.1 Å². The first-order chi connectivity index (χ1) is 12.1. The number of hydrogen-bond acceptors (Lipinski definition) is 6. The summed E-state index contributed by atoms with van der Waals surface area (Å²) in [6.07, 6.45) is 0. The van der Waals surface area contributed by atoms with Crippen molar-refractivity contribution in [2.24, 2.45) is 10.3 Å². The maximum Gasteiger partial charge on any atom is 0.263 e. The topological polar surface area (TPSA) is 74.6 Å². The second kappa shape index (κ2) is 5.86. The Labute approximate surface area is 148 Å². The molecule has 2 amide bonds. The van der Waals surface area contributed by atoms with Crippen molar-refractivity contribution in [1.82, 2.24) is 0 Å². The Balaban J connectivity index is 1.69. The van der Waals surface area contributed by atoms with Crippen LogP contribution >= 0.6 is 11.6 Å². The summed E-state index contributed by atoms with van der Waals surface area (Å²) in [4.78, 5) is 26.8. The maximum atomic E-state index is 12.9. The predicted molar refractivity (Wildman–Crippen MR) is 91.9 cm³/mol. The highest BCUT2D eigenvalue weighted by atomic mass is 35.5. The molecule has 2 atom stereocenters. The fourth-order valence-electron chi connectivity index (χ4n) is 2.97. The van der Waals surface area contributed by atoms with Crippen molar-refractivity contribution in [1.29, 1.82) is 0 Å². The molecule has 0 N–H and O–H groups in total. The van der Waals surface area contributed by atoms with Gasteiger partial charge in [0.15, 0.2) is 12.1 Å². The molecule has 4 rings (SSSR count). The van der Waals surface area contributed by atoms with E-state index in [2.05, 4.69) is 10.3 Å². The molecule has 1 fully saturated rings. The van der Waals surface area contributed by atoms with E-state index < -0.39 is 18.0 Å². The highest BCUT2D eigenvalue weighted by Gasteiger charge is 2.55. The van der Waals surface area contributed by atoms with Gasteiger partial charge in [0.1, 0.15) is 5.75 Å². The molecule has 126 valence electrons. The average Bonchev–Trinajstić information content (AvgIpc) is 3.16. The molecule has 0 aliphatic carbocycles. The maximum absolute atomic E-state index is 12.9. The highest BCUT2D eigenvalue weighted by Crippen LogP contribution is 2.35. The van der Waals surface area contributed by atoms with Crippen molar-refractivity contribution in [3.05, 3.63) is 53.6 Å². The summed E-state index contributed by atoms with van der Waals surface area (Å²) in [6.45, 7) is 0. The molecule has 0 spiro atoms. The number of anilines is 2. The summed E-state index contributed by atoms with van der Waals surface area (Å²) >= 11 is 5.90. The molecule has 0 aromatic heterocycles. The Morgan fingerprint density at radius 2 is 1.80 bits per heavy atom. The van der Waals surface area contributed by atoms with Gasteiger partial charge >= 0.3 is 0 Å². The van der Waals surface area contributed by atoms with Crippen molar-refractivity contribution in [3.8, 4) is 5.75 Å². The number of ether oxygens (including phenoxy) is 1. The van der Waals surface area contributed by atoms with Gasteiger partial charge in [-0.2, -0.15) is 5.11 Å². The van der Waals surface area contributed by atoms with Crippen LogP contribution in [0, 0.1) is 0 Å². The van der Waals surface area contributed by atoms with Crippen LogP contribution in [0.15, 0.2) is 58.9 Å². The number of carbonyl (C=O) groups is 2. The molecule has 2 aromatic rings. The van der Waals surface area contributed by atoms with Gasteiger partial charge < -0.3 is 4.74 Å². The average molecular weight is 357 g/mol. The summed E-state index contributed by atoms with van der Waals surface area (Å²) < 4.78 is 5.17. The van der Waals surface area contributed by atoms with E-state index in [1.807, 2.05) is 0 Å². The number of amides is 2. The Bertz CT molecular complexity index is 884. The van der Waals surface area contributed by atoms with Crippen LogP contribution in [-0.2, 0) is 9.59 Å². The van der Waals surface area contributed by atoms with E-state index in [1.165, 1.54) is 12.1 Å². The van der Waals surface area contributed by atoms with Gasteiger partial charge in [0.25, 0.3) is 11.8 Å². The first kappa shape index (κ1) is 15.6. The van der Waals surface area contributed by atoms with Crippen molar-refractivity contribution < 1.29 is 14.3 Å². The van der Waals surface area contributed by atoms with Crippen molar-refractivity contribution in [2.45, 2.75) is 12.1 Å². The number of hydrogen-bond donors (Lipinski definition) is 0. The molecule has 0 bridgehead atoms. The number of carbonyl (C=O) groups excluding carboxylic acids is 2. The third-order valence-electron chi connectivity index (χ3n) is 4.18. The van der Waals surface area contributed by atoms with Crippen LogP contribution in [0.4, 0.5) is 11.4 Å². The Kier molecular flexibility index (Phi) is 3.65. The van der Waals surface area contributed by atoms with E-state index in [0.717, 1.165) is 4.90 Å². The van der Waals surface area contributed by atoms with E-state index >= 15 is 0 Å². The molecule has 8 heteroatoms. The van der Waals surface area contributed by atoms with E-state index in [1.54, 1.807) is 48.5 Å². The minimum Gasteiger partial charge on any atom is -0.497 e. The fraction of sp³-hybridized carbons (Fsp3) is 0.176. The van der Waals surface area contributed by atoms with Gasteiger partial charge in [-0.05, 0) is 36.4 Å². The smallest absolute Gasteiger partial charge is 0.263 e. The van der Waals surface area contributed by atoms with Gasteiger partial charge in [-0.15, -0.1) is 0 Å². The standard InChI is InChI=1S/C17H13ClN4O3/c1-25-13-4-2-3-12(9-13)21-16(23)14-15(17(21)24)22(20-19-14)11-7-5-10(18)6-8-11/h2-9,14-15H,1H3. The minimum absolute atomic E-state index is 0.372. The Morgan fingerprint density at radius 3 is 2.52 bits per heavy atom. The second-order valence-electron chi connectivity index (χ2n) is 5.63. The number of imide groups is 1. The van der Waals surface area contributed by atoms with E-state index in [4.69, 9.17) is 16.3 Å². The lowest BCUT2D eigenvalue weighted by Gasteiger charge is -2.20. The first-order valence-electron chi connectivity index (χ1n) is 7.57. The number of benzene rings is 2. The predicted octanol–water partition coefficient (Wildman–Crippen LogP) is 2.85. The summed E-state index contributed by atoms with van der Waals surface area (Å²) in [5, 5.41) is 10.0. The lowest BCUT2D eigenvalue weighted by atomic mass is 10.1. The molecule has 0 saturated carbocycles. The van der Waals surface area contributed by atoms with Crippen molar-refractivity contribution in [3.63, 3.8) is 0 Å². The molecular weight excluding hydrogens is 344 g/mol. The van der Waals surface area contributed by atoms with Crippen LogP contribution in [0.2, 0.25) is 5.02 Å². The van der Waals surface area contributed by atoms with Crippen LogP contribution in [0.25, 0.3) is 0 Å². The molecule has 0 radical (unpaired) electrons. The zero-order chi connectivity index (χ0) is 17.6. The molecule has 2 aliphatic rings. The molecule has 25 heavy (non-hydrogen) atoms. The third-order valence-corrected chi connectivity index (χ3v) is 4.44. The van der Waals surface area contributed by atoms with Crippen molar-refractivity contribution in [2.75, 3.05) is 17.0 Å². The van der Waals surface area contributed by atoms with E-state index in [0.29, 0.717) is 22.1 Å². The van der Waals surface area contributed by atoms with Gasteiger partial charge in [-0.25, -0.2) is 9.91 Å². The quantitative estimate of drug-likeness (QED) is 0.792. The Hall–Kier alpha value is -2.93. The van der Waals surface area contributed by atoms with E-state index in [9.17, 15) is 9.59 Å². The van der Waals surface area contributed by atoms with Crippen LogP contribution < -0.4 is 14.6 Å². The molecule has 2 unspecified atom stereocenters. The van der Waals surface area contributed by atoms with Gasteiger partial charge in [-0.3, -0.25) is 9.59 Å². The normalized spacial score (nSPS) is 21.8. The van der Waals surface area contributed by atoms with Gasteiger partial charge in [0.2, 0.25) is 0 Å². The molecular formula is C17H13ClN4O3. The monoisotopic (exact) mass is 356 g/mol. The molecule has 1 saturated heterocycles. The van der Waals surface area contributed by atoms with Gasteiger partial charge in [0.05, 0.1) is 18.5 Å². The summed E-state index contributed by atoms with van der Waals surface area (Å²) in [5.74, 6) is -0.210. The van der Waals surface area contributed by atoms with Crippen LogP contribution in [0.5, 0.6) is 5.75 Å². The number of nitrogens with zero attached hydrogens (tertiary/aromatic N) is 4. The number of halogens is 1.